The maximum absolute atomic E-state index is 12.6. The Kier molecular flexibility index (Phi) is 7.02. The summed E-state index contributed by atoms with van der Waals surface area (Å²) in [5.74, 6) is 1.79. The maximum Gasteiger partial charge on any atom is 0.263 e. The number of carbonyl (C=O) groups excluding carboxylic acids is 1. The minimum absolute atomic E-state index is 0.255. The molecule has 0 radical (unpaired) electrons. The average molecular weight is 470 g/mol. The number of aromatic nitrogens is 3. The summed E-state index contributed by atoms with van der Waals surface area (Å²) in [6.07, 6.45) is 4.44. The van der Waals surface area contributed by atoms with Gasteiger partial charge in [-0.2, -0.15) is 4.98 Å². The second kappa shape index (κ2) is 10.7. The van der Waals surface area contributed by atoms with E-state index < -0.39 is 0 Å². The third-order valence-corrected chi connectivity index (χ3v) is 6.54. The SMILES string of the molecule is CCCCCC(=O)N1CCN(c2nc(Cc3ccccc3)nc3onc(-c4ccccc4)c23)CC1. The molecule has 2 aromatic carbocycles. The fourth-order valence-electron chi connectivity index (χ4n) is 4.61. The summed E-state index contributed by atoms with van der Waals surface area (Å²) in [6.45, 7) is 4.98. The standard InChI is InChI=1S/C28H31N5O2/c1-2-3-6-15-24(34)32-16-18-33(19-17-32)27-25-26(22-13-9-5-10-14-22)31-35-28(25)30-23(29-27)20-21-11-7-4-8-12-21/h4-5,7-14H,2-3,6,15-20H2,1H3. The molecule has 0 aliphatic carbocycles. The number of fused-ring (bicyclic) bond motifs is 1. The zero-order valence-electron chi connectivity index (χ0n) is 20.2. The van der Waals surface area contributed by atoms with Crippen molar-refractivity contribution in [1.29, 1.82) is 0 Å². The number of rotatable bonds is 8. The molecule has 7 heteroatoms. The molecule has 0 N–H and O–H groups in total. The highest BCUT2D eigenvalue weighted by atomic mass is 16.5. The Morgan fingerprint density at radius 3 is 2.34 bits per heavy atom. The van der Waals surface area contributed by atoms with E-state index in [1.54, 1.807) is 0 Å². The van der Waals surface area contributed by atoms with E-state index in [0.29, 0.717) is 37.5 Å². The molecule has 3 heterocycles. The number of carbonyl (C=O) groups is 1. The summed E-state index contributed by atoms with van der Waals surface area (Å²) in [6, 6.07) is 20.2. The quantitative estimate of drug-likeness (QED) is 0.334. The first-order chi connectivity index (χ1) is 17.2. The molecule has 1 aliphatic rings. The lowest BCUT2D eigenvalue weighted by Crippen LogP contribution is -2.49. The Bertz CT molecular complexity index is 1260. The zero-order chi connectivity index (χ0) is 24.0. The van der Waals surface area contributed by atoms with Gasteiger partial charge in [-0.25, -0.2) is 4.98 Å². The number of hydrogen-bond acceptors (Lipinski definition) is 6. The van der Waals surface area contributed by atoms with Crippen molar-refractivity contribution >= 4 is 22.8 Å². The Morgan fingerprint density at radius 2 is 1.63 bits per heavy atom. The van der Waals surface area contributed by atoms with Crippen molar-refractivity contribution in [3.63, 3.8) is 0 Å². The number of hydrogen-bond donors (Lipinski definition) is 0. The van der Waals surface area contributed by atoms with Crippen molar-refractivity contribution in [2.24, 2.45) is 0 Å². The first kappa shape index (κ1) is 23.0. The van der Waals surface area contributed by atoms with Crippen LogP contribution in [-0.4, -0.2) is 52.1 Å². The van der Waals surface area contributed by atoms with E-state index in [4.69, 9.17) is 14.5 Å². The van der Waals surface area contributed by atoms with E-state index in [1.807, 2.05) is 53.4 Å². The second-order valence-corrected chi connectivity index (χ2v) is 9.03. The Labute approximate surface area is 205 Å². The van der Waals surface area contributed by atoms with E-state index in [9.17, 15) is 4.79 Å². The molecule has 1 amide bonds. The van der Waals surface area contributed by atoms with Crippen LogP contribution in [0.2, 0.25) is 0 Å². The van der Waals surface area contributed by atoms with Crippen LogP contribution in [0.5, 0.6) is 0 Å². The van der Waals surface area contributed by atoms with Gasteiger partial charge < -0.3 is 14.3 Å². The molecule has 7 nitrogen and oxygen atoms in total. The van der Waals surface area contributed by atoms with Crippen LogP contribution < -0.4 is 4.90 Å². The van der Waals surface area contributed by atoms with Gasteiger partial charge in [0.15, 0.2) is 0 Å². The highest BCUT2D eigenvalue weighted by Crippen LogP contribution is 2.34. The third-order valence-electron chi connectivity index (χ3n) is 6.54. The van der Waals surface area contributed by atoms with E-state index >= 15 is 0 Å². The van der Waals surface area contributed by atoms with Crippen LogP contribution in [0, 0.1) is 0 Å². The summed E-state index contributed by atoms with van der Waals surface area (Å²) in [4.78, 5) is 26.6. The van der Waals surface area contributed by atoms with Crippen LogP contribution in [0.4, 0.5) is 5.82 Å². The van der Waals surface area contributed by atoms with Gasteiger partial charge in [-0.05, 0) is 12.0 Å². The molecule has 5 rings (SSSR count). The molecule has 0 spiro atoms. The molecule has 1 fully saturated rings. The van der Waals surface area contributed by atoms with E-state index in [1.165, 1.54) is 0 Å². The highest BCUT2D eigenvalue weighted by Gasteiger charge is 2.27. The topological polar surface area (TPSA) is 75.4 Å². The fourth-order valence-corrected chi connectivity index (χ4v) is 4.61. The summed E-state index contributed by atoms with van der Waals surface area (Å²) in [5.41, 5.74) is 3.36. The summed E-state index contributed by atoms with van der Waals surface area (Å²) >= 11 is 0. The van der Waals surface area contributed by atoms with Gasteiger partial charge in [-0.3, -0.25) is 4.79 Å². The lowest BCUT2D eigenvalue weighted by molar-refractivity contribution is -0.131. The monoisotopic (exact) mass is 469 g/mol. The van der Waals surface area contributed by atoms with Crippen LogP contribution in [0.1, 0.15) is 44.0 Å². The summed E-state index contributed by atoms with van der Waals surface area (Å²) in [7, 11) is 0. The predicted octanol–water partition coefficient (Wildman–Crippen LogP) is 5.10. The van der Waals surface area contributed by atoms with Crippen molar-refractivity contribution in [2.45, 2.75) is 39.0 Å². The number of benzene rings is 2. The van der Waals surface area contributed by atoms with E-state index in [2.05, 4.69) is 29.1 Å². The van der Waals surface area contributed by atoms with Crippen molar-refractivity contribution in [3.8, 4) is 11.3 Å². The third kappa shape index (κ3) is 5.19. The smallest absolute Gasteiger partial charge is 0.263 e. The van der Waals surface area contributed by atoms with Crippen LogP contribution in [0.3, 0.4) is 0 Å². The van der Waals surface area contributed by atoms with Crippen molar-refractivity contribution in [3.05, 3.63) is 72.1 Å². The Hall–Kier alpha value is -3.74. The van der Waals surface area contributed by atoms with Crippen LogP contribution in [-0.2, 0) is 11.2 Å². The van der Waals surface area contributed by atoms with Crippen LogP contribution >= 0.6 is 0 Å². The van der Waals surface area contributed by atoms with Crippen LogP contribution in [0.25, 0.3) is 22.4 Å². The molecule has 1 saturated heterocycles. The second-order valence-electron chi connectivity index (χ2n) is 9.03. The van der Waals surface area contributed by atoms with Gasteiger partial charge in [0, 0.05) is 44.6 Å². The van der Waals surface area contributed by atoms with E-state index in [-0.39, 0.29) is 5.91 Å². The Morgan fingerprint density at radius 1 is 0.914 bits per heavy atom. The molecule has 0 atom stereocenters. The van der Waals surface area contributed by atoms with Gasteiger partial charge >= 0.3 is 0 Å². The maximum atomic E-state index is 12.6. The molecule has 180 valence electrons. The number of amides is 1. The van der Waals surface area contributed by atoms with E-state index in [0.717, 1.165) is 60.4 Å². The first-order valence-corrected chi connectivity index (χ1v) is 12.5. The molecule has 4 aromatic rings. The minimum atomic E-state index is 0.255. The number of piperazine rings is 1. The van der Waals surface area contributed by atoms with Crippen molar-refractivity contribution < 1.29 is 9.32 Å². The number of anilines is 1. The molecule has 2 aromatic heterocycles. The molecule has 0 unspecified atom stereocenters. The normalized spacial score (nSPS) is 14.0. The van der Waals surface area contributed by atoms with Crippen LogP contribution in [0.15, 0.2) is 65.2 Å². The van der Waals surface area contributed by atoms with Gasteiger partial charge in [0.2, 0.25) is 5.91 Å². The molecule has 35 heavy (non-hydrogen) atoms. The highest BCUT2D eigenvalue weighted by molar-refractivity contribution is 5.98. The summed E-state index contributed by atoms with van der Waals surface area (Å²) in [5, 5.41) is 5.21. The van der Waals surface area contributed by atoms with Gasteiger partial charge in [-0.1, -0.05) is 85.6 Å². The summed E-state index contributed by atoms with van der Waals surface area (Å²) < 4.78 is 5.74. The van der Waals surface area contributed by atoms with Crippen molar-refractivity contribution in [2.75, 3.05) is 31.1 Å². The van der Waals surface area contributed by atoms with Gasteiger partial charge in [0.05, 0.1) is 0 Å². The number of nitrogens with zero attached hydrogens (tertiary/aromatic N) is 5. The van der Waals surface area contributed by atoms with Gasteiger partial charge in [0.1, 0.15) is 22.7 Å². The molecule has 0 saturated carbocycles. The molecule has 0 bridgehead atoms. The minimum Gasteiger partial charge on any atom is -0.352 e. The lowest BCUT2D eigenvalue weighted by atomic mass is 10.1. The zero-order valence-corrected chi connectivity index (χ0v) is 20.2. The Balaban J connectivity index is 1.45. The lowest BCUT2D eigenvalue weighted by Gasteiger charge is -2.35. The molecular weight excluding hydrogens is 438 g/mol. The average Bonchev–Trinajstić information content (AvgIpc) is 3.33. The predicted molar refractivity (Wildman–Crippen MR) is 137 cm³/mol. The fraction of sp³-hybridized carbons (Fsp3) is 0.357. The largest absolute Gasteiger partial charge is 0.352 e. The molecule has 1 aliphatic heterocycles. The number of unbranched alkanes of at least 4 members (excludes halogenated alkanes) is 2. The van der Waals surface area contributed by atoms with Gasteiger partial charge in [0.25, 0.3) is 5.71 Å². The molecular formula is C28H31N5O2. The van der Waals surface area contributed by atoms with Crippen molar-refractivity contribution in [1.82, 2.24) is 20.0 Å². The first-order valence-electron chi connectivity index (χ1n) is 12.5. The van der Waals surface area contributed by atoms with Gasteiger partial charge in [-0.15, -0.1) is 0 Å².